The second kappa shape index (κ2) is 3.06. The van der Waals surface area contributed by atoms with Crippen molar-refractivity contribution < 1.29 is 13.5 Å². The number of aromatic amines is 1. The summed E-state index contributed by atoms with van der Waals surface area (Å²) in [4.78, 5) is 0. The van der Waals surface area contributed by atoms with Crippen molar-refractivity contribution in [2.45, 2.75) is 18.4 Å². The SMILES string of the molecule is O=S1(=O)CCC(O)(c2ccn[nH]2)CC1. The van der Waals surface area contributed by atoms with Gasteiger partial charge in [0, 0.05) is 6.20 Å². The minimum atomic E-state index is -2.94. The van der Waals surface area contributed by atoms with E-state index in [0.29, 0.717) is 5.69 Å². The third-order valence-electron chi connectivity index (χ3n) is 2.66. The van der Waals surface area contributed by atoms with E-state index in [1.165, 1.54) is 0 Å². The smallest absolute Gasteiger partial charge is 0.150 e. The zero-order chi connectivity index (χ0) is 10.2. The molecule has 0 aliphatic carbocycles. The van der Waals surface area contributed by atoms with Gasteiger partial charge in [-0.15, -0.1) is 0 Å². The topological polar surface area (TPSA) is 83.1 Å². The summed E-state index contributed by atoms with van der Waals surface area (Å²) < 4.78 is 22.3. The molecule has 1 aromatic heterocycles. The highest BCUT2D eigenvalue weighted by Gasteiger charge is 2.37. The van der Waals surface area contributed by atoms with Crippen LogP contribution in [0.4, 0.5) is 0 Å². The van der Waals surface area contributed by atoms with E-state index in [-0.39, 0.29) is 24.3 Å². The summed E-state index contributed by atoms with van der Waals surface area (Å²) in [5, 5.41) is 16.6. The largest absolute Gasteiger partial charge is 0.384 e. The van der Waals surface area contributed by atoms with E-state index in [2.05, 4.69) is 10.2 Å². The third kappa shape index (κ3) is 1.67. The third-order valence-corrected chi connectivity index (χ3v) is 4.31. The Morgan fingerprint density at radius 2 is 2.07 bits per heavy atom. The molecule has 0 unspecified atom stereocenters. The Balaban J connectivity index is 2.21. The molecule has 0 aromatic carbocycles. The predicted octanol–water partition coefficient (Wildman–Crippen LogP) is -0.194. The van der Waals surface area contributed by atoms with E-state index >= 15 is 0 Å². The maximum atomic E-state index is 11.2. The molecule has 1 aliphatic heterocycles. The Hall–Kier alpha value is -0.880. The van der Waals surface area contributed by atoms with Crippen LogP contribution in [0.5, 0.6) is 0 Å². The fourth-order valence-electron chi connectivity index (χ4n) is 1.66. The molecule has 1 fully saturated rings. The number of nitrogens with one attached hydrogen (secondary N) is 1. The summed E-state index contributed by atoms with van der Waals surface area (Å²) in [5.41, 5.74) is -0.436. The molecule has 0 spiro atoms. The first-order chi connectivity index (χ1) is 6.52. The molecule has 2 N–H and O–H groups in total. The van der Waals surface area contributed by atoms with E-state index in [9.17, 15) is 13.5 Å². The first-order valence-corrected chi connectivity index (χ1v) is 6.27. The molecule has 2 heterocycles. The summed E-state index contributed by atoms with van der Waals surface area (Å²) in [5.74, 6) is 0.0883. The lowest BCUT2D eigenvalue weighted by molar-refractivity contribution is 0.0219. The van der Waals surface area contributed by atoms with Crippen molar-refractivity contribution in [2.75, 3.05) is 11.5 Å². The monoisotopic (exact) mass is 216 g/mol. The second-order valence-electron chi connectivity index (χ2n) is 3.65. The molecule has 1 aromatic rings. The molecular weight excluding hydrogens is 204 g/mol. The van der Waals surface area contributed by atoms with Gasteiger partial charge in [0.05, 0.1) is 17.2 Å². The lowest BCUT2D eigenvalue weighted by atomic mass is 9.93. The van der Waals surface area contributed by atoms with Crippen molar-refractivity contribution in [1.29, 1.82) is 0 Å². The maximum Gasteiger partial charge on any atom is 0.150 e. The first-order valence-electron chi connectivity index (χ1n) is 4.45. The number of aliphatic hydroxyl groups is 1. The van der Waals surface area contributed by atoms with Crippen LogP contribution in [0.15, 0.2) is 12.3 Å². The van der Waals surface area contributed by atoms with Crippen LogP contribution in [-0.4, -0.2) is 35.2 Å². The predicted molar refractivity (Wildman–Crippen MR) is 50.4 cm³/mol. The molecule has 14 heavy (non-hydrogen) atoms. The van der Waals surface area contributed by atoms with Gasteiger partial charge < -0.3 is 5.11 Å². The molecular formula is C8H12N2O3S. The van der Waals surface area contributed by atoms with Gasteiger partial charge in [0.2, 0.25) is 0 Å². The zero-order valence-corrected chi connectivity index (χ0v) is 8.42. The Labute approximate surface area is 82.1 Å². The minimum Gasteiger partial charge on any atom is -0.384 e. The number of hydrogen-bond acceptors (Lipinski definition) is 4. The van der Waals surface area contributed by atoms with Gasteiger partial charge in [-0.2, -0.15) is 5.10 Å². The Morgan fingerprint density at radius 3 is 2.57 bits per heavy atom. The average molecular weight is 216 g/mol. The fourth-order valence-corrected chi connectivity index (χ4v) is 3.16. The van der Waals surface area contributed by atoms with Gasteiger partial charge >= 0.3 is 0 Å². The van der Waals surface area contributed by atoms with Gasteiger partial charge in [0.1, 0.15) is 5.60 Å². The van der Waals surface area contributed by atoms with Crippen molar-refractivity contribution in [3.05, 3.63) is 18.0 Å². The van der Waals surface area contributed by atoms with Crippen molar-refractivity contribution in [1.82, 2.24) is 10.2 Å². The zero-order valence-electron chi connectivity index (χ0n) is 7.60. The molecule has 1 aliphatic rings. The molecule has 5 nitrogen and oxygen atoms in total. The number of sulfone groups is 1. The molecule has 6 heteroatoms. The molecule has 0 bridgehead atoms. The number of nitrogens with zero attached hydrogens (tertiary/aromatic N) is 1. The van der Waals surface area contributed by atoms with Gasteiger partial charge in [-0.25, -0.2) is 8.42 Å². The highest BCUT2D eigenvalue weighted by molar-refractivity contribution is 7.91. The van der Waals surface area contributed by atoms with Crippen LogP contribution >= 0.6 is 0 Å². The average Bonchev–Trinajstić information content (AvgIpc) is 2.64. The Morgan fingerprint density at radius 1 is 1.43 bits per heavy atom. The highest BCUT2D eigenvalue weighted by Crippen LogP contribution is 2.32. The van der Waals surface area contributed by atoms with Crippen LogP contribution in [0.25, 0.3) is 0 Å². The molecule has 78 valence electrons. The molecule has 0 radical (unpaired) electrons. The summed E-state index contributed by atoms with van der Waals surface area (Å²) >= 11 is 0. The van der Waals surface area contributed by atoms with Gasteiger partial charge in [0.25, 0.3) is 0 Å². The number of H-pyrrole nitrogens is 1. The van der Waals surface area contributed by atoms with Crippen LogP contribution in [0.2, 0.25) is 0 Å². The Bertz CT molecular complexity index is 396. The van der Waals surface area contributed by atoms with Crippen LogP contribution < -0.4 is 0 Å². The Kier molecular flexibility index (Phi) is 2.11. The van der Waals surface area contributed by atoms with Crippen LogP contribution in [0.1, 0.15) is 18.5 Å². The lowest BCUT2D eigenvalue weighted by Gasteiger charge is -2.30. The van der Waals surface area contributed by atoms with E-state index in [0.717, 1.165) is 0 Å². The van der Waals surface area contributed by atoms with Crippen LogP contribution in [0.3, 0.4) is 0 Å². The molecule has 0 saturated carbocycles. The second-order valence-corrected chi connectivity index (χ2v) is 5.96. The molecule has 0 amide bonds. The van der Waals surface area contributed by atoms with E-state index in [1.807, 2.05) is 0 Å². The summed E-state index contributed by atoms with van der Waals surface area (Å²) in [6.07, 6.45) is 2.05. The van der Waals surface area contributed by atoms with E-state index < -0.39 is 15.4 Å². The van der Waals surface area contributed by atoms with Crippen molar-refractivity contribution in [3.8, 4) is 0 Å². The van der Waals surface area contributed by atoms with Gasteiger partial charge in [-0.05, 0) is 18.9 Å². The van der Waals surface area contributed by atoms with Crippen LogP contribution in [-0.2, 0) is 15.4 Å². The first kappa shape index (κ1) is 9.67. The summed E-state index contributed by atoms with van der Waals surface area (Å²) in [6, 6.07) is 1.68. The van der Waals surface area contributed by atoms with Crippen LogP contribution in [0, 0.1) is 0 Å². The normalized spacial score (nSPS) is 24.6. The maximum absolute atomic E-state index is 11.2. The molecule has 2 rings (SSSR count). The van der Waals surface area contributed by atoms with Gasteiger partial charge in [-0.1, -0.05) is 0 Å². The van der Waals surface area contributed by atoms with Crippen molar-refractivity contribution >= 4 is 9.84 Å². The molecule has 1 saturated heterocycles. The van der Waals surface area contributed by atoms with Gasteiger partial charge in [-0.3, -0.25) is 5.10 Å². The number of aromatic nitrogens is 2. The minimum absolute atomic E-state index is 0.0442. The summed E-state index contributed by atoms with van der Waals surface area (Å²) in [6.45, 7) is 0. The number of hydrogen-bond donors (Lipinski definition) is 2. The molecule has 0 atom stereocenters. The quantitative estimate of drug-likeness (QED) is 0.681. The lowest BCUT2D eigenvalue weighted by Crippen LogP contribution is -2.37. The highest BCUT2D eigenvalue weighted by atomic mass is 32.2. The summed E-state index contributed by atoms with van der Waals surface area (Å²) in [7, 11) is -2.94. The van der Waals surface area contributed by atoms with Gasteiger partial charge in [0.15, 0.2) is 9.84 Å². The van der Waals surface area contributed by atoms with E-state index in [4.69, 9.17) is 0 Å². The fraction of sp³-hybridized carbons (Fsp3) is 0.625. The van der Waals surface area contributed by atoms with Crippen molar-refractivity contribution in [2.24, 2.45) is 0 Å². The van der Waals surface area contributed by atoms with E-state index in [1.54, 1.807) is 12.3 Å². The standard InChI is InChI=1S/C8H12N2O3S/c11-8(7-1-4-9-10-7)2-5-14(12,13)6-3-8/h1,4,11H,2-3,5-6H2,(H,9,10). The van der Waals surface area contributed by atoms with Crippen molar-refractivity contribution in [3.63, 3.8) is 0 Å². The number of rotatable bonds is 1.